The van der Waals surface area contributed by atoms with E-state index in [9.17, 15) is 0 Å². The van der Waals surface area contributed by atoms with Crippen molar-refractivity contribution in [2.24, 2.45) is 11.8 Å². The molecule has 128 valence electrons. The third kappa shape index (κ3) is 4.04. The minimum Gasteiger partial charge on any atom is -0.379 e. The molecule has 0 spiro atoms. The smallest absolute Gasteiger partial charge is 0.0444 e. The minimum absolute atomic E-state index is 0.475. The Morgan fingerprint density at radius 3 is 2.40 bits per heavy atom. The van der Waals surface area contributed by atoms with Crippen LogP contribution in [0.25, 0.3) is 0 Å². The van der Waals surface area contributed by atoms with Crippen LogP contribution in [0.15, 0.2) is 90.7 Å². The summed E-state index contributed by atoms with van der Waals surface area (Å²) in [6, 6.07) is 11.3. The fourth-order valence-corrected chi connectivity index (χ4v) is 4.12. The summed E-state index contributed by atoms with van der Waals surface area (Å²) >= 11 is 0. The van der Waals surface area contributed by atoms with Gasteiger partial charge in [0.25, 0.3) is 0 Å². The lowest BCUT2D eigenvalue weighted by molar-refractivity contribution is 0.395. The first kappa shape index (κ1) is 16.2. The topological polar surface area (TPSA) is 12.0 Å². The quantitative estimate of drug-likeness (QED) is 0.702. The summed E-state index contributed by atoms with van der Waals surface area (Å²) < 4.78 is 0. The van der Waals surface area contributed by atoms with Crippen molar-refractivity contribution in [2.45, 2.75) is 37.6 Å². The van der Waals surface area contributed by atoms with E-state index in [1.165, 1.54) is 30.5 Å². The van der Waals surface area contributed by atoms with Gasteiger partial charge in [-0.05, 0) is 49.2 Å². The van der Waals surface area contributed by atoms with Crippen LogP contribution in [0.4, 0.5) is 0 Å². The zero-order valence-corrected chi connectivity index (χ0v) is 14.7. The molecule has 0 saturated carbocycles. The van der Waals surface area contributed by atoms with Crippen molar-refractivity contribution in [2.75, 3.05) is 0 Å². The molecule has 0 aliphatic heterocycles. The molecule has 3 aliphatic rings. The Morgan fingerprint density at radius 1 is 0.800 bits per heavy atom. The normalized spacial score (nSPS) is 31.0. The molecule has 0 heterocycles. The molecule has 1 aromatic carbocycles. The highest BCUT2D eigenvalue weighted by molar-refractivity contribution is 5.32. The molecule has 0 fully saturated rings. The molecule has 0 aromatic heterocycles. The van der Waals surface area contributed by atoms with Gasteiger partial charge >= 0.3 is 0 Å². The maximum atomic E-state index is 3.71. The Kier molecular flexibility index (Phi) is 5.01. The molecule has 3 aliphatic carbocycles. The van der Waals surface area contributed by atoms with Crippen LogP contribution >= 0.6 is 0 Å². The average Bonchev–Trinajstić information content (AvgIpc) is 2.71. The maximum Gasteiger partial charge on any atom is 0.0444 e. The molecule has 0 saturated heterocycles. The predicted octanol–water partition coefficient (Wildman–Crippen LogP) is 5.67. The first-order chi connectivity index (χ1) is 12.4. The molecule has 1 N–H and O–H groups in total. The van der Waals surface area contributed by atoms with Gasteiger partial charge in [0.05, 0.1) is 0 Å². The van der Waals surface area contributed by atoms with Crippen molar-refractivity contribution >= 4 is 0 Å². The Hall–Kier alpha value is -2.28. The highest BCUT2D eigenvalue weighted by Crippen LogP contribution is 2.31. The lowest BCUT2D eigenvalue weighted by Gasteiger charge is -2.30. The number of hydrogen-bond acceptors (Lipinski definition) is 1. The molecule has 0 bridgehead atoms. The summed E-state index contributed by atoms with van der Waals surface area (Å²) in [6.45, 7) is 0. The van der Waals surface area contributed by atoms with Crippen LogP contribution in [-0.2, 0) is 0 Å². The Morgan fingerprint density at radius 2 is 1.72 bits per heavy atom. The number of hydrogen-bond donors (Lipinski definition) is 1. The summed E-state index contributed by atoms with van der Waals surface area (Å²) in [5.74, 6) is 1.92. The van der Waals surface area contributed by atoms with E-state index >= 15 is 0 Å². The van der Waals surface area contributed by atoms with Gasteiger partial charge in [-0.15, -0.1) is 0 Å². The van der Waals surface area contributed by atoms with E-state index in [1.54, 1.807) is 0 Å². The summed E-state index contributed by atoms with van der Waals surface area (Å²) in [6.07, 6.45) is 25.6. The van der Waals surface area contributed by atoms with Crippen LogP contribution in [0.2, 0.25) is 0 Å². The van der Waals surface area contributed by atoms with E-state index < -0.39 is 0 Å². The SMILES string of the molecule is C1=CCC(C2C=CC(NC3=CCC(c4ccccc4)C=C3)CC2)C=C1. The summed E-state index contributed by atoms with van der Waals surface area (Å²) in [5.41, 5.74) is 2.69. The molecule has 1 aromatic rings. The summed E-state index contributed by atoms with van der Waals surface area (Å²) in [4.78, 5) is 0. The van der Waals surface area contributed by atoms with Crippen LogP contribution in [0.1, 0.15) is 37.2 Å². The first-order valence-corrected chi connectivity index (χ1v) is 9.60. The van der Waals surface area contributed by atoms with Gasteiger partial charge in [0.1, 0.15) is 0 Å². The zero-order chi connectivity index (χ0) is 16.9. The molecule has 0 amide bonds. The summed E-state index contributed by atoms with van der Waals surface area (Å²) in [7, 11) is 0. The Bertz CT molecular complexity index is 720. The van der Waals surface area contributed by atoms with Crippen LogP contribution < -0.4 is 5.32 Å². The van der Waals surface area contributed by atoms with Crippen molar-refractivity contribution in [3.8, 4) is 0 Å². The van der Waals surface area contributed by atoms with Crippen molar-refractivity contribution in [1.82, 2.24) is 5.32 Å². The van der Waals surface area contributed by atoms with E-state index in [-0.39, 0.29) is 0 Å². The van der Waals surface area contributed by atoms with E-state index in [2.05, 4.69) is 90.3 Å². The second kappa shape index (κ2) is 7.74. The van der Waals surface area contributed by atoms with Crippen molar-refractivity contribution in [3.63, 3.8) is 0 Å². The van der Waals surface area contributed by atoms with Gasteiger partial charge < -0.3 is 5.32 Å². The van der Waals surface area contributed by atoms with E-state index in [0.717, 1.165) is 6.42 Å². The summed E-state index contributed by atoms with van der Waals surface area (Å²) in [5, 5.41) is 3.71. The fourth-order valence-electron chi connectivity index (χ4n) is 4.12. The third-order valence-corrected chi connectivity index (χ3v) is 5.64. The fraction of sp³-hybridized carbons (Fsp3) is 0.333. The van der Waals surface area contributed by atoms with Crippen molar-refractivity contribution in [1.29, 1.82) is 0 Å². The second-order valence-electron chi connectivity index (χ2n) is 7.36. The van der Waals surface area contributed by atoms with Gasteiger partial charge in [0.2, 0.25) is 0 Å². The monoisotopic (exact) mass is 329 g/mol. The molecule has 4 rings (SSSR count). The molecule has 25 heavy (non-hydrogen) atoms. The minimum atomic E-state index is 0.475. The van der Waals surface area contributed by atoms with Crippen LogP contribution in [0, 0.1) is 11.8 Å². The molecule has 1 nitrogen and oxygen atoms in total. The molecule has 4 atom stereocenters. The highest BCUT2D eigenvalue weighted by atomic mass is 14.9. The Balaban J connectivity index is 1.30. The van der Waals surface area contributed by atoms with E-state index in [4.69, 9.17) is 0 Å². The van der Waals surface area contributed by atoms with Gasteiger partial charge in [0, 0.05) is 17.7 Å². The number of allylic oxidation sites excluding steroid dienone is 8. The Labute approximate surface area is 151 Å². The van der Waals surface area contributed by atoms with Gasteiger partial charge in [-0.2, -0.15) is 0 Å². The number of nitrogens with one attached hydrogen (secondary N) is 1. The van der Waals surface area contributed by atoms with Gasteiger partial charge in [-0.1, -0.05) is 78.9 Å². The number of rotatable bonds is 4. The van der Waals surface area contributed by atoms with Crippen LogP contribution in [0.5, 0.6) is 0 Å². The van der Waals surface area contributed by atoms with Crippen LogP contribution in [0.3, 0.4) is 0 Å². The van der Waals surface area contributed by atoms with E-state index in [0.29, 0.717) is 23.8 Å². The lowest BCUT2D eigenvalue weighted by atomic mass is 9.80. The van der Waals surface area contributed by atoms with Crippen molar-refractivity contribution in [3.05, 3.63) is 96.3 Å². The molecule has 1 heteroatoms. The highest BCUT2D eigenvalue weighted by Gasteiger charge is 2.22. The van der Waals surface area contributed by atoms with Gasteiger partial charge in [-0.3, -0.25) is 0 Å². The maximum absolute atomic E-state index is 3.71. The lowest BCUT2D eigenvalue weighted by Crippen LogP contribution is -2.30. The standard InChI is InChI=1S/C24H27N/c1-3-7-19(8-4-1)21-11-15-23(16-12-21)25-24-17-13-22(14-18-24)20-9-5-2-6-10-20/h1-9,11,13,15-17,20-22,24-25H,10,12,14,18H2. The van der Waals surface area contributed by atoms with Gasteiger partial charge in [0.15, 0.2) is 0 Å². The molecular weight excluding hydrogens is 302 g/mol. The third-order valence-electron chi connectivity index (χ3n) is 5.64. The number of benzene rings is 1. The van der Waals surface area contributed by atoms with Crippen LogP contribution in [-0.4, -0.2) is 6.04 Å². The molecule has 4 unspecified atom stereocenters. The van der Waals surface area contributed by atoms with Gasteiger partial charge in [-0.25, -0.2) is 0 Å². The zero-order valence-electron chi connectivity index (χ0n) is 14.7. The molecule has 0 radical (unpaired) electrons. The predicted molar refractivity (Wildman–Crippen MR) is 106 cm³/mol. The first-order valence-electron chi connectivity index (χ1n) is 9.60. The average molecular weight is 329 g/mol. The molecular formula is C24H27N. The van der Waals surface area contributed by atoms with Crippen molar-refractivity contribution < 1.29 is 0 Å². The second-order valence-corrected chi connectivity index (χ2v) is 7.36. The van der Waals surface area contributed by atoms with E-state index in [1.807, 2.05) is 0 Å². The largest absolute Gasteiger partial charge is 0.379 e.